The molecule has 5 heteroatoms. The van der Waals surface area contributed by atoms with Gasteiger partial charge in [-0.3, -0.25) is 0 Å². The highest BCUT2D eigenvalue weighted by Gasteiger charge is 2.18. The number of nitrogens with two attached hydrogens (primary N) is 1. The molecular formula is C11H24N2O2S. The van der Waals surface area contributed by atoms with Gasteiger partial charge in [-0.1, -0.05) is 19.9 Å². The Kier molecular flexibility index (Phi) is 6.87. The fourth-order valence-electron chi connectivity index (χ4n) is 1.19. The van der Waals surface area contributed by atoms with Crippen molar-refractivity contribution in [3.8, 4) is 0 Å². The van der Waals surface area contributed by atoms with Crippen molar-refractivity contribution in [3.05, 3.63) is 12.7 Å². The topological polar surface area (TPSA) is 63.4 Å². The smallest absolute Gasteiger partial charge is 0.214 e. The van der Waals surface area contributed by atoms with Crippen LogP contribution < -0.4 is 5.73 Å². The lowest BCUT2D eigenvalue weighted by atomic mass is 10.0. The van der Waals surface area contributed by atoms with Crippen molar-refractivity contribution in [3.63, 3.8) is 0 Å². The first-order valence-corrected chi connectivity index (χ1v) is 7.22. The first-order chi connectivity index (χ1) is 7.31. The molecule has 0 heterocycles. The predicted molar refractivity (Wildman–Crippen MR) is 68.7 cm³/mol. The lowest BCUT2D eigenvalue weighted by molar-refractivity contribution is 0.397. The van der Waals surface area contributed by atoms with Gasteiger partial charge in [-0.25, -0.2) is 12.7 Å². The summed E-state index contributed by atoms with van der Waals surface area (Å²) in [4.78, 5) is 0. The van der Waals surface area contributed by atoms with Crippen molar-refractivity contribution in [1.82, 2.24) is 4.31 Å². The Morgan fingerprint density at radius 1 is 1.44 bits per heavy atom. The zero-order chi connectivity index (χ0) is 12.8. The zero-order valence-electron chi connectivity index (χ0n) is 10.5. The van der Waals surface area contributed by atoms with E-state index in [0.717, 1.165) is 0 Å². The molecular weight excluding hydrogens is 224 g/mol. The van der Waals surface area contributed by atoms with E-state index in [-0.39, 0.29) is 11.8 Å². The first kappa shape index (κ1) is 15.6. The van der Waals surface area contributed by atoms with Crippen LogP contribution in [-0.4, -0.2) is 38.1 Å². The summed E-state index contributed by atoms with van der Waals surface area (Å²) in [5, 5.41) is 0. The van der Waals surface area contributed by atoms with Crippen molar-refractivity contribution in [2.24, 2.45) is 11.7 Å². The second-order valence-electron chi connectivity index (χ2n) is 4.41. The molecule has 0 radical (unpaired) electrons. The maximum atomic E-state index is 11.7. The van der Waals surface area contributed by atoms with Gasteiger partial charge in [0.25, 0.3) is 0 Å². The molecule has 96 valence electrons. The van der Waals surface area contributed by atoms with Crippen LogP contribution in [0.25, 0.3) is 0 Å². The van der Waals surface area contributed by atoms with E-state index in [1.165, 1.54) is 4.31 Å². The lowest BCUT2D eigenvalue weighted by Gasteiger charge is -2.21. The number of rotatable bonds is 8. The quantitative estimate of drug-likeness (QED) is 0.656. The van der Waals surface area contributed by atoms with E-state index >= 15 is 0 Å². The molecule has 0 rings (SSSR count). The van der Waals surface area contributed by atoms with Crippen molar-refractivity contribution in [2.45, 2.75) is 32.7 Å². The molecule has 0 amide bonds. The van der Waals surface area contributed by atoms with Crippen LogP contribution in [0.1, 0.15) is 26.7 Å². The van der Waals surface area contributed by atoms with Crippen LogP contribution in [0.2, 0.25) is 0 Å². The van der Waals surface area contributed by atoms with Gasteiger partial charge < -0.3 is 5.73 Å². The van der Waals surface area contributed by atoms with Gasteiger partial charge >= 0.3 is 0 Å². The average Bonchev–Trinajstić information content (AvgIpc) is 2.22. The Morgan fingerprint density at radius 2 is 2.00 bits per heavy atom. The Hall–Kier alpha value is -0.390. The third-order valence-corrected chi connectivity index (χ3v) is 4.57. The highest BCUT2D eigenvalue weighted by atomic mass is 32.2. The van der Waals surface area contributed by atoms with E-state index in [4.69, 9.17) is 5.73 Å². The summed E-state index contributed by atoms with van der Waals surface area (Å²) in [5.74, 6) is 0.508. The monoisotopic (exact) mass is 248 g/mol. The van der Waals surface area contributed by atoms with Gasteiger partial charge in [0, 0.05) is 19.6 Å². The van der Waals surface area contributed by atoms with E-state index in [1.807, 2.05) is 13.8 Å². The summed E-state index contributed by atoms with van der Waals surface area (Å²) in [6, 6.07) is 0.0528. The third-order valence-electron chi connectivity index (χ3n) is 2.69. The zero-order valence-corrected chi connectivity index (χ0v) is 11.3. The van der Waals surface area contributed by atoms with E-state index in [0.29, 0.717) is 25.3 Å². The van der Waals surface area contributed by atoms with Crippen LogP contribution in [0.4, 0.5) is 0 Å². The van der Waals surface area contributed by atoms with Crippen molar-refractivity contribution in [1.29, 1.82) is 0 Å². The van der Waals surface area contributed by atoms with Gasteiger partial charge in [-0.05, 0) is 18.8 Å². The van der Waals surface area contributed by atoms with Gasteiger partial charge in [-0.15, -0.1) is 6.58 Å². The summed E-state index contributed by atoms with van der Waals surface area (Å²) in [6.45, 7) is 8.08. The van der Waals surface area contributed by atoms with Crippen LogP contribution in [0.15, 0.2) is 12.7 Å². The molecule has 0 aliphatic heterocycles. The Labute approximate surface area is 99.6 Å². The molecule has 4 nitrogen and oxygen atoms in total. The van der Waals surface area contributed by atoms with E-state index < -0.39 is 10.0 Å². The van der Waals surface area contributed by atoms with Crippen LogP contribution in [0.5, 0.6) is 0 Å². The molecule has 0 bridgehead atoms. The molecule has 0 spiro atoms. The maximum absolute atomic E-state index is 11.7. The maximum Gasteiger partial charge on any atom is 0.214 e. The summed E-state index contributed by atoms with van der Waals surface area (Å²) in [5.41, 5.74) is 5.87. The number of allylic oxidation sites excluding steroid dienone is 1. The molecule has 0 aliphatic carbocycles. The van der Waals surface area contributed by atoms with E-state index in [1.54, 1.807) is 13.1 Å². The highest BCUT2D eigenvalue weighted by Crippen LogP contribution is 2.07. The molecule has 0 aromatic carbocycles. The third kappa shape index (κ3) is 5.63. The molecule has 16 heavy (non-hydrogen) atoms. The Morgan fingerprint density at radius 3 is 2.44 bits per heavy atom. The number of sulfonamides is 1. The molecule has 0 saturated carbocycles. The molecule has 1 unspecified atom stereocenters. The Balaban J connectivity index is 4.14. The summed E-state index contributed by atoms with van der Waals surface area (Å²) in [6.07, 6.45) is 2.80. The first-order valence-electron chi connectivity index (χ1n) is 5.61. The largest absolute Gasteiger partial charge is 0.327 e. The minimum atomic E-state index is -3.14. The Bertz CT molecular complexity index is 299. The number of hydrogen-bond acceptors (Lipinski definition) is 3. The van der Waals surface area contributed by atoms with Crippen molar-refractivity contribution < 1.29 is 8.42 Å². The lowest BCUT2D eigenvalue weighted by Crippen LogP contribution is -2.35. The van der Waals surface area contributed by atoms with Gasteiger partial charge in [0.05, 0.1) is 5.75 Å². The molecule has 0 aromatic rings. The molecule has 0 aromatic heterocycles. The summed E-state index contributed by atoms with van der Waals surface area (Å²) >= 11 is 0. The second kappa shape index (κ2) is 7.04. The molecule has 2 N–H and O–H groups in total. The molecule has 1 atom stereocenters. The van der Waals surface area contributed by atoms with Gasteiger partial charge in [0.1, 0.15) is 0 Å². The predicted octanol–water partition coefficient (Wildman–Crippen LogP) is 1.20. The fraction of sp³-hybridized carbons (Fsp3) is 0.818. The van der Waals surface area contributed by atoms with Gasteiger partial charge in [0.2, 0.25) is 10.0 Å². The normalized spacial score (nSPS) is 14.4. The van der Waals surface area contributed by atoms with Crippen LogP contribution in [0.3, 0.4) is 0 Å². The van der Waals surface area contributed by atoms with E-state index in [2.05, 4.69) is 6.58 Å². The van der Waals surface area contributed by atoms with Crippen molar-refractivity contribution >= 4 is 10.0 Å². The van der Waals surface area contributed by atoms with E-state index in [9.17, 15) is 8.42 Å². The standard InChI is InChI=1S/C11H24N2O2S/c1-5-6-9-16(14,15)13(4)8-7-11(12)10(2)3/h5,10-11H,1,6-9,12H2,2-4H3. The number of nitrogens with zero attached hydrogens (tertiary/aromatic N) is 1. The number of hydrogen-bond donors (Lipinski definition) is 1. The average molecular weight is 248 g/mol. The summed E-state index contributed by atoms with van der Waals surface area (Å²) in [7, 11) is -1.53. The van der Waals surface area contributed by atoms with Gasteiger partial charge in [0.15, 0.2) is 0 Å². The molecule has 0 saturated heterocycles. The minimum Gasteiger partial charge on any atom is -0.327 e. The molecule has 0 aliphatic rings. The fourth-order valence-corrected chi connectivity index (χ4v) is 2.35. The van der Waals surface area contributed by atoms with Crippen LogP contribution in [0, 0.1) is 5.92 Å². The highest BCUT2D eigenvalue weighted by molar-refractivity contribution is 7.89. The molecule has 0 fully saturated rings. The van der Waals surface area contributed by atoms with Gasteiger partial charge in [-0.2, -0.15) is 0 Å². The minimum absolute atomic E-state index is 0.0528. The van der Waals surface area contributed by atoms with Crippen molar-refractivity contribution in [2.75, 3.05) is 19.3 Å². The van der Waals surface area contributed by atoms with Crippen LogP contribution >= 0.6 is 0 Å². The summed E-state index contributed by atoms with van der Waals surface area (Å²) < 4.78 is 24.8. The SMILES string of the molecule is C=CCCS(=O)(=O)N(C)CCC(N)C(C)C. The van der Waals surface area contributed by atoms with Crippen LogP contribution in [-0.2, 0) is 10.0 Å². The second-order valence-corrected chi connectivity index (χ2v) is 6.61.